The quantitative estimate of drug-likeness (QED) is 0.679. The Morgan fingerprint density at radius 1 is 1.11 bits per heavy atom. The van der Waals surface area contributed by atoms with Crippen molar-refractivity contribution in [2.75, 3.05) is 0 Å². The molecule has 0 saturated heterocycles. The van der Waals surface area contributed by atoms with Gasteiger partial charge in [-0.2, -0.15) is 4.98 Å². The topological polar surface area (TPSA) is 77.6 Å². The van der Waals surface area contributed by atoms with Gasteiger partial charge < -0.3 is 4.52 Å². The van der Waals surface area contributed by atoms with E-state index in [2.05, 4.69) is 25.1 Å². The average molecular weight is 239 g/mol. The molecule has 18 heavy (non-hydrogen) atoms. The van der Waals surface area contributed by atoms with Crippen molar-refractivity contribution in [3.8, 4) is 23.0 Å². The van der Waals surface area contributed by atoms with Crippen LogP contribution in [-0.4, -0.2) is 25.1 Å². The highest BCUT2D eigenvalue weighted by Gasteiger charge is 2.11. The van der Waals surface area contributed by atoms with E-state index in [4.69, 9.17) is 4.52 Å². The smallest absolute Gasteiger partial charge is 0.278 e. The summed E-state index contributed by atoms with van der Waals surface area (Å²) in [5.41, 5.74) is 2.20. The highest BCUT2D eigenvalue weighted by Crippen LogP contribution is 2.19. The number of rotatable bonds is 2. The monoisotopic (exact) mass is 239 g/mol. The predicted molar refractivity (Wildman–Crippen MR) is 63.3 cm³/mol. The van der Waals surface area contributed by atoms with Crippen LogP contribution in [0.1, 0.15) is 5.69 Å². The van der Waals surface area contributed by atoms with Crippen molar-refractivity contribution in [1.29, 1.82) is 0 Å². The van der Waals surface area contributed by atoms with Crippen LogP contribution in [0.2, 0.25) is 0 Å². The first-order valence-corrected chi connectivity index (χ1v) is 5.36. The zero-order valence-corrected chi connectivity index (χ0v) is 9.61. The van der Waals surface area contributed by atoms with Gasteiger partial charge in [-0.25, -0.2) is 4.98 Å². The summed E-state index contributed by atoms with van der Waals surface area (Å²) < 4.78 is 5.15. The molecule has 0 spiro atoms. The summed E-state index contributed by atoms with van der Waals surface area (Å²) in [6.07, 6.45) is 6.63. The van der Waals surface area contributed by atoms with Crippen LogP contribution in [0.15, 0.2) is 41.4 Å². The normalized spacial score (nSPS) is 10.5. The van der Waals surface area contributed by atoms with E-state index in [1.807, 2.05) is 19.1 Å². The molecule has 0 aliphatic heterocycles. The van der Waals surface area contributed by atoms with Crippen LogP contribution in [0, 0.1) is 6.92 Å². The Kier molecular flexibility index (Phi) is 2.53. The number of aromatic nitrogens is 5. The lowest BCUT2D eigenvalue weighted by molar-refractivity contribution is 0.430. The molecule has 3 aromatic rings. The maximum Gasteiger partial charge on any atom is 0.278 e. The molecule has 0 aliphatic rings. The summed E-state index contributed by atoms with van der Waals surface area (Å²) in [5.74, 6) is 0.835. The van der Waals surface area contributed by atoms with Gasteiger partial charge in [0.15, 0.2) is 0 Å². The Morgan fingerprint density at radius 3 is 2.78 bits per heavy atom. The minimum atomic E-state index is 0.348. The summed E-state index contributed by atoms with van der Waals surface area (Å²) in [5, 5.41) is 3.89. The maximum atomic E-state index is 5.15. The van der Waals surface area contributed by atoms with Crippen LogP contribution < -0.4 is 0 Å². The zero-order chi connectivity index (χ0) is 12.4. The molecule has 6 nitrogen and oxygen atoms in total. The molecule has 0 aromatic carbocycles. The molecule has 0 amide bonds. The molecule has 3 heterocycles. The van der Waals surface area contributed by atoms with Gasteiger partial charge in [0.25, 0.3) is 5.89 Å². The van der Waals surface area contributed by atoms with Crippen LogP contribution in [-0.2, 0) is 0 Å². The minimum absolute atomic E-state index is 0.348. The first-order chi connectivity index (χ1) is 8.83. The second kappa shape index (κ2) is 4.33. The third-order valence-electron chi connectivity index (χ3n) is 2.35. The molecule has 0 atom stereocenters. The zero-order valence-electron chi connectivity index (χ0n) is 9.61. The molecule has 6 heteroatoms. The predicted octanol–water partition coefficient (Wildman–Crippen LogP) is 1.90. The first-order valence-electron chi connectivity index (χ1n) is 5.36. The summed E-state index contributed by atoms with van der Waals surface area (Å²) >= 11 is 0. The SMILES string of the molecule is Cc1cnc(-c2nc(-c3cccnc3)no2)cn1. The Labute approximate surface area is 103 Å². The molecular weight excluding hydrogens is 230 g/mol. The van der Waals surface area contributed by atoms with Crippen molar-refractivity contribution >= 4 is 0 Å². The fourth-order valence-corrected chi connectivity index (χ4v) is 1.44. The van der Waals surface area contributed by atoms with Gasteiger partial charge in [-0.05, 0) is 19.1 Å². The van der Waals surface area contributed by atoms with E-state index in [9.17, 15) is 0 Å². The van der Waals surface area contributed by atoms with Gasteiger partial charge in [0.05, 0.1) is 11.9 Å². The van der Waals surface area contributed by atoms with Crippen LogP contribution in [0.25, 0.3) is 23.0 Å². The molecule has 3 aromatic heterocycles. The molecule has 3 rings (SSSR count). The van der Waals surface area contributed by atoms with E-state index in [0.29, 0.717) is 17.4 Å². The maximum absolute atomic E-state index is 5.15. The molecule has 0 aliphatic carbocycles. The summed E-state index contributed by atoms with van der Waals surface area (Å²) in [6.45, 7) is 1.87. The van der Waals surface area contributed by atoms with Crippen LogP contribution in [0.3, 0.4) is 0 Å². The standard InChI is InChI=1S/C12H9N5O/c1-8-5-15-10(7-14-8)12-16-11(17-18-12)9-3-2-4-13-6-9/h2-7H,1H3. The number of hydrogen-bond acceptors (Lipinski definition) is 6. The highest BCUT2D eigenvalue weighted by molar-refractivity contribution is 5.55. The van der Waals surface area contributed by atoms with Gasteiger partial charge in [0.2, 0.25) is 5.82 Å². The second-order valence-corrected chi connectivity index (χ2v) is 3.71. The third kappa shape index (κ3) is 1.95. The first kappa shape index (κ1) is 10.5. The van der Waals surface area contributed by atoms with Crippen molar-refractivity contribution in [3.63, 3.8) is 0 Å². The Balaban J connectivity index is 1.97. The Morgan fingerprint density at radius 2 is 2.06 bits per heavy atom. The molecule has 0 N–H and O–H groups in total. The summed E-state index contributed by atoms with van der Waals surface area (Å²) in [4.78, 5) is 16.6. The van der Waals surface area contributed by atoms with Gasteiger partial charge in [0.1, 0.15) is 5.69 Å². The van der Waals surface area contributed by atoms with Gasteiger partial charge in [0, 0.05) is 24.2 Å². The van der Waals surface area contributed by atoms with Crippen molar-refractivity contribution in [1.82, 2.24) is 25.1 Å². The van der Waals surface area contributed by atoms with Crippen molar-refractivity contribution < 1.29 is 4.52 Å². The van der Waals surface area contributed by atoms with Crippen LogP contribution in [0.5, 0.6) is 0 Å². The number of nitrogens with zero attached hydrogens (tertiary/aromatic N) is 5. The second-order valence-electron chi connectivity index (χ2n) is 3.71. The van der Waals surface area contributed by atoms with Gasteiger partial charge >= 0.3 is 0 Å². The fourth-order valence-electron chi connectivity index (χ4n) is 1.44. The Hall–Kier alpha value is -2.63. The highest BCUT2D eigenvalue weighted by atomic mass is 16.5. The largest absolute Gasteiger partial charge is 0.332 e. The van der Waals surface area contributed by atoms with E-state index < -0.39 is 0 Å². The number of aryl methyl sites for hydroxylation is 1. The van der Waals surface area contributed by atoms with Gasteiger partial charge in [-0.15, -0.1) is 0 Å². The van der Waals surface area contributed by atoms with E-state index in [1.54, 1.807) is 24.8 Å². The van der Waals surface area contributed by atoms with Gasteiger partial charge in [-0.3, -0.25) is 9.97 Å². The fraction of sp³-hybridized carbons (Fsp3) is 0.0833. The van der Waals surface area contributed by atoms with E-state index in [-0.39, 0.29) is 0 Å². The average Bonchev–Trinajstić information content (AvgIpc) is 2.90. The van der Waals surface area contributed by atoms with Crippen molar-refractivity contribution in [2.24, 2.45) is 0 Å². The van der Waals surface area contributed by atoms with Crippen molar-refractivity contribution in [3.05, 3.63) is 42.6 Å². The van der Waals surface area contributed by atoms with E-state index in [0.717, 1.165) is 11.3 Å². The number of pyridine rings is 1. The molecule has 0 saturated carbocycles. The summed E-state index contributed by atoms with van der Waals surface area (Å²) in [7, 11) is 0. The molecule has 0 bridgehead atoms. The van der Waals surface area contributed by atoms with Gasteiger partial charge in [-0.1, -0.05) is 5.16 Å². The van der Waals surface area contributed by atoms with Crippen molar-refractivity contribution in [2.45, 2.75) is 6.92 Å². The van der Waals surface area contributed by atoms with Crippen LogP contribution >= 0.6 is 0 Å². The molecule has 0 radical (unpaired) electrons. The lowest BCUT2D eigenvalue weighted by Gasteiger charge is -1.93. The summed E-state index contributed by atoms with van der Waals surface area (Å²) in [6, 6.07) is 3.68. The van der Waals surface area contributed by atoms with E-state index >= 15 is 0 Å². The van der Waals surface area contributed by atoms with Crippen LogP contribution in [0.4, 0.5) is 0 Å². The Bertz CT molecular complexity index is 648. The third-order valence-corrected chi connectivity index (χ3v) is 2.35. The lowest BCUT2D eigenvalue weighted by Crippen LogP contribution is -1.88. The molecule has 0 fully saturated rings. The molecule has 0 unspecified atom stereocenters. The molecular formula is C12H9N5O. The number of hydrogen-bond donors (Lipinski definition) is 0. The minimum Gasteiger partial charge on any atom is -0.332 e. The lowest BCUT2D eigenvalue weighted by atomic mass is 10.3. The molecule has 88 valence electrons. The van der Waals surface area contributed by atoms with E-state index in [1.165, 1.54) is 0 Å².